The van der Waals surface area contributed by atoms with Crippen molar-refractivity contribution in [3.8, 4) is 11.6 Å². The van der Waals surface area contributed by atoms with Gasteiger partial charge < -0.3 is 9.73 Å². The van der Waals surface area contributed by atoms with Gasteiger partial charge in [0, 0.05) is 6.54 Å². The summed E-state index contributed by atoms with van der Waals surface area (Å²) >= 11 is 4.69. The standard InChI is InChI=1S/C22H19BrN4O2S/c23-19-12-11-18(29-19)21-25-26-22(27(21)14-17-9-5-2-6-10-17)30-15-20(28)24-13-16-7-3-1-4-8-16/h1-12H,13-15H2,(H,24,28). The van der Waals surface area contributed by atoms with Crippen LogP contribution >= 0.6 is 27.7 Å². The molecular weight excluding hydrogens is 464 g/mol. The van der Waals surface area contributed by atoms with E-state index in [1.165, 1.54) is 11.8 Å². The van der Waals surface area contributed by atoms with Crippen molar-refractivity contribution in [2.45, 2.75) is 18.2 Å². The van der Waals surface area contributed by atoms with Crippen LogP contribution in [0.4, 0.5) is 0 Å². The number of carbonyl (C=O) groups excluding carboxylic acids is 1. The molecular formula is C22H19BrN4O2S. The minimum absolute atomic E-state index is 0.0552. The van der Waals surface area contributed by atoms with Crippen molar-refractivity contribution < 1.29 is 9.21 Å². The number of carbonyl (C=O) groups is 1. The Morgan fingerprint density at radius 1 is 0.967 bits per heavy atom. The third-order valence-electron chi connectivity index (χ3n) is 4.36. The molecule has 0 aliphatic heterocycles. The molecule has 0 aliphatic rings. The fourth-order valence-corrected chi connectivity index (χ4v) is 3.97. The molecule has 8 heteroatoms. The Labute approximate surface area is 186 Å². The van der Waals surface area contributed by atoms with Crippen molar-refractivity contribution >= 4 is 33.6 Å². The number of amides is 1. The topological polar surface area (TPSA) is 73.0 Å². The van der Waals surface area contributed by atoms with Crippen LogP contribution in [0.15, 0.2) is 87.0 Å². The molecule has 0 bridgehead atoms. The number of benzene rings is 2. The van der Waals surface area contributed by atoms with E-state index >= 15 is 0 Å². The largest absolute Gasteiger partial charge is 0.446 e. The lowest BCUT2D eigenvalue weighted by Gasteiger charge is -2.09. The van der Waals surface area contributed by atoms with Crippen LogP contribution in [0.25, 0.3) is 11.6 Å². The van der Waals surface area contributed by atoms with E-state index in [1.807, 2.05) is 77.4 Å². The van der Waals surface area contributed by atoms with Gasteiger partial charge in [-0.3, -0.25) is 9.36 Å². The first-order valence-electron chi connectivity index (χ1n) is 9.35. The van der Waals surface area contributed by atoms with Crippen LogP contribution < -0.4 is 5.32 Å². The Balaban J connectivity index is 1.48. The fraction of sp³-hybridized carbons (Fsp3) is 0.136. The summed E-state index contributed by atoms with van der Waals surface area (Å²) in [5.74, 6) is 1.43. The molecule has 2 aromatic carbocycles. The van der Waals surface area contributed by atoms with Crippen LogP contribution in [0.1, 0.15) is 11.1 Å². The van der Waals surface area contributed by atoms with Gasteiger partial charge in [-0.15, -0.1) is 10.2 Å². The van der Waals surface area contributed by atoms with E-state index in [2.05, 4.69) is 31.4 Å². The number of nitrogens with zero attached hydrogens (tertiary/aromatic N) is 3. The van der Waals surface area contributed by atoms with Crippen LogP contribution in [0.2, 0.25) is 0 Å². The molecule has 1 amide bonds. The van der Waals surface area contributed by atoms with Crippen molar-refractivity contribution in [2.24, 2.45) is 0 Å². The van der Waals surface area contributed by atoms with Crippen LogP contribution in [-0.2, 0) is 17.9 Å². The predicted octanol–water partition coefficient (Wildman–Crippen LogP) is 4.76. The second kappa shape index (κ2) is 9.77. The van der Waals surface area contributed by atoms with E-state index < -0.39 is 0 Å². The molecule has 0 saturated carbocycles. The van der Waals surface area contributed by atoms with E-state index in [1.54, 1.807) is 0 Å². The second-order valence-corrected chi connectivity index (χ2v) is 8.26. The summed E-state index contributed by atoms with van der Waals surface area (Å²) in [5, 5.41) is 12.2. The zero-order chi connectivity index (χ0) is 20.8. The lowest BCUT2D eigenvalue weighted by molar-refractivity contribution is -0.118. The average Bonchev–Trinajstić information content (AvgIpc) is 3.38. The van der Waals surface area contributed by atoms with Gasteiger partial charge in [0.25, 0.3) is 0 Å². The average molecular weight is 483 g/mol. The Kier molecular flexibility index (Phi) is 6.66. The maximum atomic E-state index is 12.3. The molecule has 152 valence electrons. The fourth-order valence-electron chi connectivity index (χ4n) is 2.90. The van der Waals surface area contributed by atoms with Gasteiger partial charge in [-0.2, -0.15) is 0 Å². The molecule has 0 aliphatic carbocycles. The Morgan fingerprint density at radius 3 is 2.33 bits per heavy atom. The Bertz CT molecular complexity index is 1110. The first kappa shape index (κ1) is 20.4. The highest BCUT2D eigenvalue weighted by Gasteiger charge is 2.18. The highest BCUT2D eigenvalue weighted by atomic mass is 79.9. The zero-order valence-corrected chi connectivity index (χ0v) is 18.4. The molecule has 1 N–H and O–H groups in total. The van der Waals surface area contributed by atoms with E-state index in [9.17, 15) is 4.79 Å². The number of hydrogen-bond donors (Lipinski definition) is 1. The first-order valence-corrected chi connectivity index (χ1v) is 11.1. The van der Waals surface area contributed by atoms with Gasteiger partial charge in [0.15, 0.2) is 15.6 Å². The van der Waals surface area contributed by atoms with Gasteiger partial charge in [-0.25, -0.2) is 0 Å². The number of aromatic nitrogens is 3. The molecule has 2 aromatic heterocycles. The molecule has 4 aromatic rings. The summed E-state index contributed by atoms with van der Waals surface area (Å²) in [6, 6.07) is 23.5. The van der Waals surface area contributed by atoms with Gasteiger partial charge in [-0.05, 0) is 39.2 Å². The van der Waals surface area contributed by atoms with Gasteiger partial charge in [0.05, 0.1) is 12.3 Å². The van der Waals surface area contributed by atoms with Crippen LogP contribution in [0.5, 0.6) is 0 Å². The molecule has 0 atom stereocenters. The summed E-state index contributed by atoms with van der Waals surface area (Å²) in [7, 11) is 0. The monoisotopic (exact) mass is 482 g/mol. The quantitative estimate of drug-likeness (QED) is 0.366. The number of halogens is 1. The molecule has 0 spiro atoms. The smallest absolute Gasteiger partial charge is 0.230 e. The minimum atomic E-state index is -0.0552. The third-order valence-corrected chi connectivity index (χ3v) is 5.75. The molecule has 0 radical (unpaired) electrons. The van der Waals surface area contributed by atoms with E-state index in [0.717, 1.165) is 11.1 Å². The summed E-state index contributed by atoms with van der Waals surface area (Å²) in [4.78, 5) is 12.3. The van der Waals surface area contributed by atoms with E-state index in [4.69, 9.17) is 4.42 Å². The number of hydrogen-bond acceptors (Lipinski definition) is 5. The van der Waals surface area contributed by atoms with Crippen molar-refractivity contribution in [2.75, 3.05) is 5.75 Å². The maximum absolute atomic E-state index is 12.3. The zero-order valence-electron chi connectivity index (χ0n) is 16.0. The lowest BCUT2D eigenvalue weighted by atomic mass is 10.2. The van der Waals surface area contributed by atoms with Crippen LogP contribution in [0.3, 0.4) is 0 Å². The Morgan fingerprint density at radius 2 is 1.67 bits per heavy atom. The van der Waals surface area contributed by atoms with Gasteiger partial charge >= 0.3 is 0 Å². The van der Waals surface area contributed by atoms with E-state index in [-0.39, 0.29) is 11.7 Å². The normalized spacial score (nSPS) is 10.8. The molecule has 2 heterocycles. The summed E-state index contributed by atoms with van der Waals surface area (Å²) in [6.45, 7) is 1.08. The number of furan rings is 1. The molecule has 0 fully saturated rings. The van der Waals surface area contributed by atoms with Crippen molar-refractivity contribution in [3.63, 3.8) is 0 Å². The summed E-state index contributed by atoms with van der Waals surface area (Å²) < 4.78 is 8.27. The van der Waals surface area contributed by atoms with Crippen LogP contribution in [-0.4, -0.2) is 26.4 Å². The van der Waals surface area contributed by atoms with Gasteiger partial charge in [-0.1, -0.05) is 72.4 Å². The molecule has 0 saturated heterocycles. The summed E-state index contributed by atoms with van der Waals surface area (Å²) in [5.41, 5.74) is 2.17. The minimum Gasteiger partial charge on any atom is -0.446 e. The number of rotatable bonds is 8. The first-order chi connectivity index (χ1) is 14.7. The van der Waals surface area contributed by atoms with Crippen molar-refractivity contribution in [1.82, 2.24) is 20.1 Å². The third kappa shape index (κ3) is 5.20. The van der Waals surface area contributed by atoms with Gasteiger partial charge in [0.1, 0.15) is 0 Å². The number of thioether (sulfide) groups is 1. The lowest BCUT2D eigenvalue weighted by Crippen LogP contribution is -2.24. The second-order valence-electron chi connectivity index (χ2n) is 6.53. The molecule has 0 unspecified atom stereocenters. The molecule has 30 heavy (non-hydrogen) atoms. The number of nitrogens with one attached hydrogen (secondary N) is 1. The SMILES string of the molecule is O=C(CSc1nnc(-c2ccc(Br)o2)n1Cc1ccccc1)NCc1ccccc1. The summed E-state index contributed by atoms with van der Waals surface area (Å²) in [6.07, 6.45) is 0. The molecule has 4 rings (SSSR count). The van der Waals surface area contributed by atoms with Crippen molar-refractivity contribution in [1.29, 1.82) is 0 Å². The van der Waals surface area contributed by atoms with E-state index in [0.29, 0.717) is 34.5 Å². The molecule has 6 nitrogen and oxygen atoms in total. The highest BCUT2D eigenvalue weighted by molar-refractivity contribution is 9.10. The Hall–Kier alpha value is -2.84. The van der Waals surface area contributed by atoms with Crippen molar-refractivity contribution in [3.05, 3.63) is 88.6 Å². The van der Waals surface area contributed by atoms with Crippen LogP contribution in [0, 0.1) is 0 Å². The predicted molar refractivity (Wildman–Crippen MR) is 120 cm³/mol. The van der Waals surface area contributed by atoms with Gasteiger partial charge in [0.2, 0.25) is 11.7 Å². The highest BCUT2D eigenvalue weighted by Crippen LogP contribution is 2.28. The maximum Gasteiger partial charge on any atom is 0.230 e.